The van der Waals surface area contributed by atoms with E-state index in [0.29, 0.717) is 13.1 Å². The SMILES string of the molecule is COC(=O)N1CC(CN)C(O)C1(C)C. The third kappa shape index (κ3) is 1.57. The number of hydrogen-bond acceptors (Lipinski definition) is 4. The van der Waals surface area contributed by atoms with E-state index in [4.69, 9.17) is 5.73 Å². The van der Waals surface area contributed by atoms with Gasteiger partial charge < -0.3 is 20.5 Å². The zero-order chi connectivity index (χ0) is 10.9. The summed E-state index contributed by atoms with van der Waals surface area (Å²) in [4.78, 5) is 12.9. The largest absolute Gasteiger partial charge is 0.453 e. The Bertz CT molecular complexity index is 230. The Morgan fingerprint density at radius 3 is 2.64 bits per heavy atom. The highest BCUT2D eigenvalue weighted by Crippen LogP contribution is 2.32. The minimum absolute atomic E-state index is 0.0656. The number of ether oxygens (including phenoxy) is 1. The summed E-state index contributed by atoms with van der Waals surface area (Å²) in [7, 11) is 1.33. The van der Waals surface area contributed by atoms with Crippen LogP contribution in [0.4, 0.5) is 4.79 Å². The van der Waals surface area contributed by atoms with Crippen LogP contribution in [-0.2, 0) is 4.74 Å². The van der Waals surface area contributed by atoms with Crippen LogP contribution in [0.2, 0.25) is 0 Å². The lowest BCUT2D eigenvalue weighted by atomic mass is 9.93. The predicted molar refractivity (Wildman–Crippen MR) is 51.7 cm³/mol. The number of nitrogens with two attached hydrogens (primary N) is 1. The Balaban J connectivity index is 2.84. The molecule has 5 nitrogen and oxygen atoms in total. The maximum Gasteiger partial charge on any atom is 0.410 e. The monoisotopic (exact) mass is 202 g/mol. The number of carbonyl (C=O) groups is 1. The van der Waals surface area contributed by atoms with Crippen LogP contribution in [0, 0.1) is 5.92 Å². The molecule has 0 spiro atoms. The highest BCUT2D eigenvalue weighted by atomic mass is 16.5. The second-order valence-electron chi connectivity index (χ2n) is 4.17. The van der Waals surface area contributed by atoms with Gasteiger partial charge in [-0.15, -0.1) is 0 Å². The van der Waals surface area contributed by atoms with E-state index >= 15 is 0 Å². The quantitative estimate of drug-likeness (QED) is 0.616. The van der Waals surface area contributed by atoms with Crippen molar-refractivity contribution in [2.24, 2.45) is 11.7 Å². The first-order valence-electron chi connectivity index (χ1n) is 4.68. The predicted octanol–water partition coefficient (Wildman–Crippen LogP) is -0.217. The fourth-order valence-electron chi connectivity index (χ4n) is 1.93. The standard InChI is InChI=1S/C9H18N2O3/c1-9(2)7(12)6(4-10)5-11(9)8(13)14-3/h6-7,12H,4-5,10H2,1-3H3. The third-order valence-electron chi connectivity index (χ3n) is 2.98. The lowest BCUT2D eigenvalue weighted by Gasteiger charge is -2.32. The van der Waals surface area contributed by atoms with Crippen molar-refractivity contribution in [2.45, 2.75) is 25.5 Å². The summed E-state index contributed by atoms with van der Waals surface area (Å²) < 4.78 is 4.65. The van der Waals surface area contributed by atoms with Crippen molar-refractivity contribution in [3.8, 4) is 0 Å². The first-order chi connectivity index (χ1) is 6.45. The molecular formula is C9H18N2O3. The number of hydrogen-bond donors (Lipinski definition) is 2. The van der Waals surface area contributed by atoms with E-state index in [-0.39, 0.29) is 5.92 Å². The lowest BCUT2D eigenvalue weighted by molar-refractivity contribution is 0.0372. The Morgan fingerprint density at radius 2 is 2.29 bits per heavy atom. The van der Waals surface area contributed by atoms with Crippen LogP contribution in [-0.4, -0.2) is 47.9 Å². The van der Waals surface area contributed by atoms with Gasteiger partial charge in [0.1, 0.15) is 0 Å². The number of aliphatic hydroxyl groups excluding tert-OH is 1. The first-order valence-corrected chi connectivity index (χ1v) is 4.68. The number of likely N-dealkylation sites (tertiary alicyclic amines) is 1. The first kappa shape index (κ1) is 11.3. The second-order valence-corrected chi connectivity index (χ2v) is 4.17. The van der Waals surface area contributed by atoms with E-state index in [9.17, 15) is 9.90 Å². The Hall–Kier alpha value is -0.810. The average Bonchev–Trinajstić information content (AvgIpc) is 2.38. The number of aliphatic hydroxyl groups is 1. The van der Waals surface area contributed by atoms with Gasteiger partial charge in [-0.05, 0) is 20.4 Å². The van der Waals surface area contributed by atoms with Gasteiger partial charge in [0.2, 0.25) is 0 Å². The molecule has 1 rings (SSSR count). The molecule has 0 aliphatic carbocycles. The summed E-state index contributed by atoms with van der Waals surface area (Å²) in [5, 5.41) is 9.90. The molecule has 0 aromatic carbocycles. The molecule has 0 aromatic heterocycles. The van der Waals surface area contributed by atoms with Crippen molar-refractivity contribution in [1.82, 2.24) is 4.90 Å². The summed E-state index contributed by atoms with van der Waals surface area (Å²) in [6.45, 7) is 4.45. The fourth-order valence-corrected chi connectivity index (χ4v) is 1.93. The zero-order valence-corrected chi connectivity index (χ0v) is 8.86. The van der Waals surface area contributed by atoms with E-state index in [1.165, 1.54) is 12.0 Å². The zero-order valence-electron chi connectivity index (χ0n) is 8.86. The summed E-state index contributed by atoms with van der Waals surface area (Å²) in [6, 6.07) is 0. The van der Waals surface area contributed by atoms with Crippen molar-refractivity contribution in [3.63, 3.8) is 0 Å². The van der Waals surface area contributed by atoms with Gasteiger partial charge in [0.05, 0.1) is 18.8 Å². The molecule has 1 aliphatic heterocycles. The van der Waals surface area contributed by atoms with Crippen LogP contribution in [0.1, 0.15) is 13.8 Å². The number of amides is 1. The molecule has 2 atom stereocenters. The molecule has 5 heteroatoms. The topological polar surface area (TPSA) is 75.8 Å². The van der Waals surface area contributed by atoms with E-state index in [2.05, 4.69) is 4.74 Å². The summed E-state index contributed by atoms with van der Waals surface area (Å²) in [5.41, 5.74) is 4.91. The molecule has 3 N–H and O–H groups in total. The van der Waals surface area contributed by atoms with Crippen LogP contribution in [0.25, 0.3) is 0 Å². The summed E-state index contributed by atoms with van der Waals surface area (Å²) >= 11 is 0. The molecule has 0 bridgehead atoms. The van der Waals surface area contributed by atoms with E-state index < -0.39 is 17.7 Å². The molecule has 1 amide bonds. The van der Waals surface area contributed by atoms with Gasteiger partial charge in [-0.25, -0.2) is 4.79 Å². The van der Waals surface area contributed by atoms with Crippen molar-refractivity contribution >= 4 is 6.09 Å². The molecule has 1 saturated heterocycles. The number of methoxy groups -OCH3 is 1. The molecule has 82 valence electrons. The van der Waals surface area contributed by atoms with Crippen molar-refractivity contribution in [2.75, 3.05) is 20.2 Å². The van der Waals surface area contributed by atoms with Crippen molar-refractivity contribution in [1.29, 1.82) is 0 Å². The minimum Gasteiger partial charge on any atom is -0.453 e. The highest BCUT2D eigenvalue weighted by Gasteiger charge is 2.48. The molecule has 1 heterocycles. The van der Waals surface area contributed by atoms with E-state index in [1.807, 2.05) is 13.8 Å². The van der Waals surface area contributed by atoms with Gasteiger partial charge in [0.25, 0.3) is 0 Å². The fraction of sp³-hybridized carbons (Fsp3) is 0.889. The van der Waals surface area contributed by atoms with Gasteiger partial charge in [0.15, 0.2) is 0 Å². The molecule has 0 radical (unpaired) electrons. The normalized spacial score (nSPS) is 30.5. The summed E-state index contributed by atoms with van der Waals surface area (Å²) in [6.07, 6.45) is -1.00. The second kappa shape index (κ2) is 3.74. The molecule has 0 saturated carbocycles. The number of carbonyl (C=O) groups excluding carboxylic acids is 1. The van der Waals surface area contributed by atoms with Crippen molar-refractivity contribution in [3.05, 3.63) is 0 Å². The van der Waals surface area contributed by atoms with Crippen LogP contribution in [0.5, 0.6) is 0 Å². The average molecular weight is 202 g/mol. The lowest BCUT2D eigenvalue weighted by Crippen LogP contribution is -2.48. The minimum atomic E-state index is -0.600. The smallest absolute Gasteiger partial charge is 0.410 e. The van der Waals surface area contributed by atoms with Gasteiger partial charge in [-0.3, -0.25) is 0 Å². The molecule has 0 aromatic rings. The molecule has 1 fully saturated rings. The van der Waals surface area contributed by atoms with Crippen LogP contribution in [0.15, 0.2) is 0 Å². The van der Waals surface area contributed by atoms with Gasteiger partial charge in [-0.1, -0.05) is 0 Å². The third-order valence-corrected chi connectivity index (χ3v) is 2.98. The molecule has 2 unspecified atom stereocenters. The Kier molecular flexibility index (Phi) is 3.01. The molecule has 1 aliphatic rings. The van der Waals surface area contributed by atoms with E-state index in [1.54, 1.807) is 0 Å². The number of nitrogens with zero attached hydrogens (tertiary/aromatic N) is 1. The Morgan fingerprint density at radius 1 is 1.71 bits per heavy atom. The maximum absolute atomic E-state index is 11.4. The van der Waals surface area contributed by atoms with Crippen LogP contribution < -0.4 is 5.73 Å². The van der Waals surface area contributed by atoms with Crippen LogP contribution in [0.3, 0.4) is 0 Å². The van der Waals surface area contributed by atoms with Gasteiger partial charge >= 0.3 is 6.09 Å². The summed E-state index contributed by atoms with van der Waals surface area (Å²) in [5.74, 6) is -0.0656. The highest BCUT2D eigenvalue weighted by molar-refractivity contribution is 5.69. The number of rotatable bonds is 1. The van der Waals surface area contributed by atoms with Gasteiger partial charge in [0, 0.05) is 12.5 Å². The van der Waals surface area contributed by atoms with Gasteiger partial charge in [-0.2, -0.15) is 0 Å². The molecule has 14 heavy (non-hydrogen) atoms. The van der Waals surface area contributed by atoms with Crippen molar-refractivity contribution < 1.29 is 14.6 Å². The maximum atomic E-state index is 11.4. The molecular weight excluding hydrogens is 184 g/mol. The van der Waals surface area contributed by atoms with E-state index in [0.717, 1.165) is 0 Å². The van der Waals surface area contributed by atoms with Crippen LogP contribution >= 0.6 is 0 Å². The Labute approximate surface area is 83.8 Å².